The second-order valence-corrected chi connectivity index (χ2v) is 9.67. The number of ether oxygens (including phenoxy) is 1. The van der Waals surface area contributed by atoms with E-state index in [0.29, 0.717) is 17.9 Å². The van der Waals surface area contributed by atoms with Crippen LogP contribution in [0.5, 0.6) is 0 Å². The minimum absolute atomic E-state index is 0.173. The molecule has 0 heterocycles. The van der Waals surface area contributed by atoms with Crippen molar-refractivity contribution in [3.63, 3.8) is 0 Å². The van der Waals surface area contributed by atoms with E-state index in [-0.39, 0.29) is 17.0 Å². The highest BCUT2D eigenvalue weighted by Gasteiger charge is 2.17. The fraction of sp³-hybridized carbons (Fsp3) is 0.793. The van der Waals surface area contributed by atoms with E-state index in [0.717, 1.165) is 58.1 Å². The molecule has 0 aromatic heterocycles. The Kier molecular flexibility index (Phi) is 23.2. The lowest BCUT2D eigenvalue weighted by molar-refractivity contribution is -0.428. The zero-order chi connectivity index (χ0) is 27.7. The molecule has 0 aliphatic heterocycles. The first kappa shape index (κ1) is 35.1. The maximum atomic E-state index is 11.4. The van der Waals surface area contributed by atoms with Gasteiger partial charge < -0.3 is 26.0 Å². The number of hydrogen-bond acceptors (Lipinski definition) is 7. The second-order valence-electron chi connectivity index (χ2n) is 9.67. The molecule has 0 amide bonds. The lowest BCUT2D eigenvalue weighted by Crippen LogP contribution is -2.35. The van der Waals surface area contributed by atoms with Gasteiger partial charge in [-0.25, -0.2) is 0 Å². The van der Waals surface area contributed by atoms with Gasteiger partial charge in [0.05, 0.1) is 11.3 Å². The van der Waals surface area contributed by atoms with Crippen molar-refractivity contribution in [2.24, 2.45) is 11.7 Å². The van der Waals surface area contributed by atoms with Crippen molar-refractivity contribution >= 4 is 0 Å². The van der Waals surface area contributed by atoms with Gasteiger partial charge in [-0.1, -0.05) is 59.5 Å². The lowest BCUT2D eigenvalue weighted by atomic mass is 10.0. The molecule has 0 saturated carbocycles. The predicted molar refractivity (Wildman–Crippen MR) is 157 cm³/mol. The van der Waals surface area contributed by atoms with Crippen LogP contribution in [-0.4, -0.2) is 62.8 Å². The van der Waals surface area contributed by atoms with Crippen LogP contribution < -0.4 is 16.4 Å². The van der Waals surface area contributed by atoms with Crippen molar-refractivity contribution in [2.75, 3.05) is 53.0 Å². The average Bonchev–Trinajstić information content (AvgIpc) is 3.08. The van der Waals surface area contributed by atoms with Gasteiger partial charge in [-0.15, -0.1) is 0 Å². The van der Waals surface area contributed by atoms with Gasteiger partial charge in [-0.05, 0) is 69.8 Å². The second kappa shape index (κ2) is 24.4. The van der Waals surface area contributed by atoms with Crippen molar-refractivity contribution in [2.45, 2.75) is 91.9 Å². The summed E-state index contributed by atoms with van der Waals surface area (Å²) in [6.07, 6.45) is 16.2. The number of methoxy groups -OCH3 is 1. The van der Waals surface area contributed by atoms with Gasteiger partial charge in [0.2, 0.25) is 0 Å². The Bertz CT molecular complexity index is 664. The van der Waals surface area contributed by atoms with E-state index in [1.807, 2.05) is 13.8 Å². The van der Waals surface area contributed by atoms with E-state index in [2.05, 4.69) is 29.4 Å². The van der Waals surface area contributed by atoms with Gasteiger partial charge in [0, 0.05) is 39.0 Å². The minimum atomic E-state index is -0.313. The summed E-state index contributed by atoms with van der Waals surface area (Å²) in [5.74, 6) is 0.824. The number of allylic oxidation sites excluding steroid dienone is 3. The van der Waals surface area contributed by atoms with Crippen LogP contribution in [0.4, 0.5) is 0 Å². The number of rotatable bonds is 22. The molecule has 1 rings (SSSR count). The van der Waals surface area contributed by atoms with Crippen LogP contribution >= 0.6 is 0 Å². The molecular formula is C29H57N5O3. The summed E-state index contributed by atoms with van der Waals surface area (Å²) in [7, 11) is 1.76. The molecule has 0 aromatic carbocycles. The summed E-state index contributed by atoms with van der Waals surface area (Å²) in [6.45, 7) is 15.3. The third kappa shape index (κ3) is 18.9. The molecular weight excluding hydrogens is 466 g/mol. The topological polar surface area (TPSA) is 106 Å². The molecule has 1 aliphatic rings. The van der Waals surface area contributed by atoms with Crippen LogP contribution in [-0.2, 0) is 4.74 Å². The third-order valence-corrected chi connectivity index (χ3v) is 6.48. The highest BCUT2D eigenvalue weighted by atomic mass is 16.6. The van der Waals surface area contributed by atoms with Crippen molar-refractivity contribution in [1.82, 2.24) is 15.5 Å². The maximum Gasteiger partial charge on any atom is 0.272 e. The van der Waals surface area contributed by atoms with Crippen LogP contribution in [0.3, 0.4) is 0 Å². The van der Waals surface area contributed by atoms with E-state index < -0.39 is 0 Å². The van der Waals surface area contributed by atoms with E-state index >= 15 is 0 Å². The monoisotopic (exact) mass is 523 g/mol. The van der Waals surface area contributed by atoms with Crippen LogP contribution in [0.25, 0.3) is 0 Å². The zero-order valence-electron chi connectivity index (χ0n) is 24.5. The Labute approximate surface area is 227 Å². The van der Waals surface area contributed by atoms with Crippen LogP contribution in [0, 0.1) is 16.0 Å². The lowest BCUT2D eigenvalue weighted by Gasteiger charge is -2.23. The van der Waals surface area contributed by atoms with Crippen molar-refractivity contribution in [1.29, 1.82) is 0 Å². The van der Waals surface area contributed by atoms with Crippen LogP contribution in [0.1, 0.15) is 91.9 Å². The van der Waals surface area contributed by atoms with E-state index in [1.165, 1.54) is 44.9 Å². The minimum Gasteiger partial charge on any atom is -0.399 e. The number of nitrogens with one attached hydrogen (secondary N) is 2. The van der Waals surface area contributed by atoms with Gasteiger partial charge in [-0.2, -0.15) is 0 Å². The predicted octanol–water partition coefficient (Wildman–Crippen LogP) is 5.60. The Morgan fingerprint density at radius 2 is 1.76 bits per heavy atom. The molecule has 0 fully saturated rings. The van der Waals surface area contributed by atoms with Gasteiger partial charge in [0.15, 0.2) is 0 Å². The van der Waals surface area contributed by atoms with Crippen molar-refractivity contribution in [3.05, 3.63) is 45.4 Å². The summed E-state index contributed by atoms with van der Waals surface area (Å²) in [4.78, 5) is 13.6. The molecule has 1 atom stereocenters. The quantitative estimate of drug-likeness (QED) is 0.0964. The Hall–Kier alpha value is -1.90. The highest BCUT2D eigenvalue weighted by Crippen LogP contribution is 2.15. The average molecular weight is 524 g/mol. The number of nitrogens with two attached hydrogens (primary N) is 1. The van der Waals surface area contributed by atoms with E-state index in [9.17, 15) is 10.1 Å². The fourth-order valence-electron chi connectivity index (χ4n) is 4.37. The number of nitro groups is 1. The Morgan fingerprint density at radius 1 is 1.03 bits per heavy atom. The van der Waals surface area contributed by atoms with Gasteiger partial charge in [-0.3, -0.25) is 10.1 Å². The molecule has 1 unspecified atom stereocenters. The molecule has 4 N–H and O–H groups in total. The normalized spacial score (nSPS) is 14.2. The first-order valence-corrected chi connectivity index (χ1v) is 14.6. The SMILES string of the molecule is CC.CCCC(C)CCCNCCN(CCCCCCOC)CCCNC1=C([N+](=O)[O-])CC=C(N)C=C1. The maximum absolute atomic E-state index is 11.4. The zero-order valence-corrected chi connectivity index (χ0v) is 24.5. The van der Waals surface area contributed by atoms with Crippen molar-refractivity contribution in [3.8, 4) is 0 Å². The first-order valence-electron chi connectivity index (χ1n) is 14.6. The van der Waals surface area contributed by atoms with Crippen molar-refractivity contribution < 1.29 is 9.66 Å². The molecule has 1 aliphatic carbocycles. The summed E-state index contributed by atoms with van der Waals surface area (Å²) >= 11 is 0. The molecule has 216 valence electrons. The highest BCUT2D eigenvalue weighted by molar-refractivity contribution is 5.32. The Morgan fingerprint density at radius 3 is 2.46 bits per heavy atom. The number of nitrogens with zero attached hydrogens (tertiary/aromatic N) is 2. The summed E-state index contributed by atoms with van der Waals surface area (Å²) in [5.41, 5.74) is 7.12. The molecule has 0 saturated heterocycles. The molecule has 0 spiro atoms. The van der Waals surface area contributed by atoms with E-state index in [4.69, 9.17) is 10.5 Å². The molecule has 8 heteroatoms. The number of unbranched alkanes of at least 4 members (excludes halogenated alkanes) is 3. The fourth-order valence-corrected chi connectivity index (χ4v) is 4.37. The molecule has 0 bridgehead atoms. The summed E-state index contributed by atoms with van der Waals surface area (Å²) < 4.78 is 5.15. The molecule has 37 heavy (non-hydrogen) atoms. The molecule has 0 radical (unpaired) electrons. The van der Waals surface area contributed by atoms with Crippen LogP contribution in [0.2, 0.25) is 0 Å². The summed E-state index contributed by atoms with van der Waals surface area (Å²) in [6, 6.07) is 0. The number of hydrogen-bond donors (Lipinski definition) is 3. The third-order valence-electron chi connectivity index (χ3n) is 6.48. The summed E-state index contributed by atoms with van der Waals surface area (Å²) in [5, 5.41) is 18.3. The van der Waals surface area contributed by atoms with Crippen LogP contribution in [0.15, 0.2) is 35.3 Å². The van der Waals surface area contributed by atoms with E-state index in [1.54, 1.807) is 25.3 Å². The van der Waals surface area contributed by atoms with Gasteiger partial charge >= 0.3 is 0 Å². The first-order chi connectivity index (χ1) is 18.0. The standard InChI is InChI=1S/C27H51N5O3.C2H6/c1-4-11-24(2)12-9-17-29-19-22-31(20-7-5-6-8-23-35-3)21-10-18-30-26-15-13-25(28)14-16-27(26)32(33)34;1-2/h13-15,24,29-30H,4-12,16-23,28H2,1-3H3;1-2H3. The molecule has 0 aromatic rings. The molecule has 8 nitrogen and oxygen atoms in total. The largest absolute Gasteiger partial charge is 0.399 e. The van der Waals surface area contributed by atoms with Gasteiger partial charge in [0.25, 0.3) is 5.70 Å². The van der Waals surface area contributed by atoms with Gasteiger partial charge in [0.1, 0.15) is 5.70 Å². The smallest absolute Gasteiger partial charge is 0.272 e. The Balaban J connectivity index is 0.00000631.